The maximum absolute atomic E-state index is 12.8. The highest BCUT2D eigenvalue weighted by Gasteiger charge is 2.29. The summed E-state index contributed by atoms with van der Waals surface area (Å²) in [7, 11) is 1.53. The second kappa shape index (κ2) is 7.91. The standard InChI is InChI=1S/C20H23NO4S/c1-4-25-20(23)17-14-10-9-12(2)11-16(14)26-19(17)21-18(22)13-7-5-6-8-15(13)24-3/h5-8,12H,4,9-11H2,1-3H3,(H,21,22). The third-order valence-corrected chi connectivity index (χ3v) is 5.74. The molecule has 0 saturated heterocycles. The number of hydrogen-bond donors (Lipinski definition) is 1. The molecule has 1 amide bonds. The smallest absolute Gasteiger partial charge is 0.341 e. The van der Waals surface area contributed by atoms with Crippen molar-refractivity contribution in [3.05, 3.63) is 45.8 Å². The molecule has 0 saturated carbocycles. The summed E-state index contributed by atoms with van der Waals surface area (Å²) in [4.78, 5) is 26.5. The van der Waals surface area contributed by atoms with Gasteiger partial charge in [0.25, 0.3) is 5.91 Å². The fourth-order valence-electron chi connectivity index (χ4n) is 3.26. The first-order chi connectivity index (χ1) is 12.5. The highest BCUT2D eigenvalue weighted by molar-refractivity contribution is 7.17. The van der Waals surface area contributed by atoms with Crippen molar-refractivity contribution in [2.75, 3.05) is 19.0 Å². The maximum atomic E-state index is 12.8. The van der Waals surface area contributed by atoms with E-state index in [0.29, 0.717) is 34.4 Å². The number of methoxy groups -OCH3 is 1. The van der Waals surface area contributed by atoms with Crippen LogP contribution in [0, 0.1) is 5.92 Å². The monoisotopic (exact) mass is 373 g/mol. The van der Waals surface area contributed by atoms with Crippen LogP contribution < -0.4 is 10.1 Å². The van der Waals surface area contributed by atoms with Crippen LogP contribution in [-0.2, 0) is 17.6 Å². The van der Waals surface area contributed by atoms with Gasteiger partial charge in [-0.25, -0.2) is 4.79 Å². The van der Waals surface area contributed by atoms with E-state index in [9.17, 15) is 9.59 Å². The first-order valence-electron chi connectivity index (χ1n) is 8.81. The molecule has 1 aliphatic rings. The van der Waals surface area contributed by atoms with Gasteiger partial charge in [-0.1, -0.05) is 19.1 Å². The normalized spacial score (nSPS) is 15.9. The zero-order chi connectivity index (χ0) is 18.7. The fraction of sp³-hybridized carbons (Fsp3) is 0.400. The number of carbonyl (C=O) groups excluding carboxylic acids is 2. The molecule has 0 bridgehead atoms. The first-order valence-corrected chi connectivity index (χ1v) is 9.62. The average molecular weight is 373 g/mol. The number of carbonyl (C=O) groups is 2. The molecule has 26 heavy (non-hydrogen) atoms. The first kappa shape index (κ1) is 18.5. The van der Waals surface area contributed by atoms with Crippen LogP contribution in [0.4, 0.5) is 5.00 Å². The molecule has 138 valence electrons. The second-order valence-electron chi connectivity index (χ2n) is 6.43. The Labute approximate surface area is 157 Å². The van der Waals surface area contributed by atoms with Crippen LogP contribution in [0.5, 0.6) is 5.75 Å². The minimum atomic E-state index is -0.366. The third kappa shape index (κ3) is 3.60. The summed E-state index contributed by atoms with van der Waals surface area (Å²) in [6, 6.07) is 7.03. The van der Waals surface area contributed by atoms with Gasteiger partial charge in [0.2, 0.25) is 0 Å². The van der Waals surface area contributed by atoms with Crippen LogP contribution in [0.2, 0.25) is 0 Å². The molecule has 1 atom stereocenters. The summed E-state index contributed by atoms with van der Waals surface area (Å²) < 4.78 is 10.5. The number of esters is 1. The van der Waals surface area contributed by atoms with Crippen molar-refractivity contribution in [2.45, 2.75) is 33.1 Å². The lowest BCUT2D eigenvalue weighted by Crippen LogP contribution is -2.17. The van der Waals surface area contributed by atoms with Crippen LogP contribution >= 0.6 is 11.3 Å². The second-order valence-corrected chi connectivity index (χ2v) is 7.54. The molecular weight excluding hydrogens is 350 g/mol. The number of hydrogen-bond acceptors (Lipinski definition) is 5. The molecule has 1 heterocycles. The Hall–Kier alpha value is -2.34. The van der Waals surface area contributed by atoms with Crippen molar-refractivity contribution in [1.29, 1.82) is 0 Å². The number of rotatable bonds is 5. The summed E-state index contributed by atoms with van der Waals surface area (Å²) in [5.74, 6) is 0.418. The van der Waals surface area contributed by atoms with Crippen molar-refractivity contribution in [3.63, 3.8) is 0 Å². The lowest BCUT2D eigenvalue weighted by atomic mass is 9.88. The van der Waals surface area contributed by atoms with Gasteiger partial charge in [0, 0.05) is 4.88 Å². The number of fused-ring (bicyclic) bond motifs is 1. The van der Waals surface area contributed by atoms with Gasteiger partial charge in [-0.15, -0.1) is 11.3 Å². The molecule has 0 radical (unpaired) electrons. The lowest BCUT2D eigenvalue weighted by molar-refractivity contribution is 0.0526. The summed E-state index contributed by atoms with van der Waals surface area (Å²) in [5, 5.41) is 3.48. The number of amides is 1. The molecule has 5 nitrogen and oxygen atoms in total. The van der Waals surface area contributed by atoms with E-state index in [0.717, 1.165) is 24.8 Å². The SMILES string of the molecule is CCOC(=O)c1c(NC(=O)c2ccccc2OC)sc2c1CCC(C)C2. The number of anilines is 1. The van der Waals surface area contributed by atoms with E-state index in [4.69, 9.17) is 9.47 Å². The molecule has 1 aromatic carbocycles. The molecule has 2 aromatic rings. The molecular formula is C20H23NO4S. The maximum Gasteiger partial charge on any atom is 0.341 e. The number of para-hydroxylation sites is 1. The van der Waals surface area contributed by atoms with E-state index in [-0.39, 0.29) is 11.9 Å². The third-order valence-electron chi connectivity index (χ3n) is 4.57. The zero-order valence-corrected chi connectivity index (χ0v) is 16.1. The molecule has 0 aliphatic heterocycles. The summed E-state index contributed by atoms with van der Waals surface area (Å²) >= 11 is 1.48. The molecule has 0 spiro atoms. The molecule has 1 unspecified atom stereocenters. The van der Waals surface area contributed by atoms with Crippen LogP contribution in [-0.4, -0.2) is 25.6 Å². The highest BCUT2D eigenvalue weighted by atomic mass is 32.1. The van der Waals surface area contributed by atoms with Gasteiger partial charge < -0.3 is 14.8 Å². The predicted octanol–water partition coefficient (Wildman–Crippen LogP) is 4.31. The van der Waals surface area contributed by atoms with Gasteiger partial charge in [-0.05, 0) is 49.8 Å². The van der Waals surface area contributed by atoms with Crippen molar-refractivity contribution in [1.82, 2.24) is 0 Å². The van der Waals surface area contributed by atoms with Crippen molar-refractivity contribution in [3.8, 4) is 5.75 Å². The minimum absolute atomic E-state index is 0.292. The summed E-state index contributed by atoms with van der Waals surface area (Å²) in [5.41, 5.74) is 1.98. The van der Waals surface area contributed by atoms with Crippen LogP contribution in [0.1, 0.15) is 51.4 Å². The average Bonchev–Trinajstić information content (AvgIpc) is 2.98. The van der Waals surface area contributed by atoms with Gasteiger partial charge in [-0.3, -0.25) is 4.79 Å². The minimum Gasteiger partial charge on any atom is -0.496 e. The Morgan fingerprint density at radius 3 is 2.81 bits per heavy atom. The van der Waals surface area contributed by atoms with E-state index < -0.39 is 0 Å². The molecule has 0 fully saturated rings. The van der Waals surface area contributed by atoms with E-state index in [1.165, 1.54) is 23.3 Å². The lowest BCUT2D eigenvalue weighted by Gasteiger charge is -2.18. The molecule has 6 heteroatoms. The Morgan fingerprint density at radius 2 is 2.08 bits per heavy atom. The van der Waals surface area contributed by atoms with Gasteiger partial charge in [0.1, 0.15) is 10.8 Å². The fourth-order valence-corrected chi connectivity index (χ4v) is 4.65. The van der Waals surface area contributed by atoms with Crippen molar-refractivity contribution < 1.29 is 19.1 Å². The van der Waals surface area contributed by atoms with Crippen LogP contribution in [0.3, 0.4) is 0 Å². The quantitative estimate of drug-likeness (QED) is 0.793. The number of nitrogens with one attached hydrogen (secondary N) is 1. The van der Waals surface area contributed by atoms with E-state index >= 15 is 0 Å². The van der Waals surface area contributed by atoms with Gasteiger partial charge in [0.05, 0.1) is 24.8 Å². The zero-order valence-electron chi connectivity index (χ0n) is 15.3. The van der Waals surface area contributed by atoms with E-state index in [1.807, 2.05) is 6.07 Å². The van der Waals surface area contributed by atoms with E-state index in [1.54, 1.807) is 25.1 Å². The molecule has 3 rings (SSSR count). The Kier molecular flexibility index (Phi) is 5.61. The number of benzene rings is 1. The number of thiophene rings is 1. The van der Waals surface area contributed by atoms with Crippen LogP contribution in [0.25, 0.3) is 0 Å². The topological polar surface area (TPSA) is 64.6 Å². The predicted molar refractivity (Wildman–Crippen MR) is 102 cm³/mol. The Bertz CT molecular complexity index is 827. The Morgan fingerprint density at radius 1 is 1.31 bits per heavy atom. The molecule has 1 N–H and O–H groups in total. The molecule has 1 aliphatic carbocycles. The van der Waals surface area contributed by atoms with Crippen molar-refractivity contribution >= 4 is 28.2 Å². The van der Waals surface area contributed by atoms with Gasteiger partial charge in [0.15, 0.2) is 0 Å². The van der Waals surface area contributed by atoms with Gasteiger partial charge >= 0.3 is 5.97 Å². The number of ether oxygens (including phenoxy) is 2. The van der Waals surface area contributed by atoms with Gasteiger partial charge in [-0.2, -0.15) is 0 Å². The van der Waals surface area contributed by atoms with Crippen molar-refractivity contribution in [2.24, 2.45) is 5.92 Å². The summed E-state index contributed by atoms with van der Waals surface area (Å²) in [6.45, 7) is 4.30. The molecule has 1 aromatic heterocycles. The highest BCUT2D eigenvalue weighted by Crippen LogP contribution is 2.40. The largest absolute Gasteiger partial charge is 0.496 e. The van der Waals surface area contributed by atoms with E-state index in [2.05, 4.69) is 12.2 Å². The summed E-state index contributed by atoms with van der Waals surface area (Å²) in [6.07, 6.45) is 2.80. The van der Waals surface area contributed by atoms with Crippen LogP contribution in [0.15, 0.2) is 24.3 Å². The Balaban J connectivity index is 1.96.